The van der Waals surface area contributed by atoms with Crippen LogP contribution in [-0.2, 0) is 6.54 Å². The Kier molecular flexibility index (Phi) is 9.32. The predicted molar refractivity (Wildman–Crippen MR) is 105 cm³/mol. The average molecular weight is 430 g/mol. The van der Waals surface area contributed by atoms with Gasteiger partial charge in [-0.3, -0.25) is 0 Å². The van der Waals surface area contributed by atoms with Crippen LogP contribution in [0.15, 0.2) is 29.3 Å². The van der Waals surface area contributed by atoms with Gasteiger partial charge >= 0.3 is 0 Å². The van der Waals surface area contributed by atoms with E-state index in [4.69, 9.17) is 5.26 Å². The fourth-order valence-electron chi connectivity index (χ4n) is 2.21. The second-order valence-electron chi connectivity index (χ2n) is 5.02. The zero-order chi connectivity index (χ0) is 14.9. The van der Waals surface area contributed by atoms with E-state index in [-0.39, 0.29) is 24.0 Å². The van der Waals surface area contributed by atoms with Crippen LogP contribution in [-0.4, -0.2) is 30.1 Å². The number of hydrogen-bond donors (Lipinski definition) is 2. The molecule has 0 aromatic heterocycles. The average Bonchev–Trinajstić information content (AvgIpc) is 3.04. The monoisotopic (exact) mass is 430 g/mol. The van der Waals surface area contributed by atoms with Gasteiger partial charge < -0.3 is 10.6 Å². The molecule has 2 rings (SSSR count). The van der Waals surface area contributed by atoms with Crippen LogP contribution in [0.4, 0.5) is 0 Å². The zero-order valence-corrected chi connectivity index (χ0v) is 16.0. The number of rotatable bonds is 5. The molecular formula is C16H23IN4S. The van der Waals surface area contributed by atoms with Gasteiger partial charge in [-0.15, -0.1) is 24.0 Å². The van der Waals surface area contributed by atoms with Crippen molar-refractivity contribution in [2.24, 2.45) is 4.99 Å². The van der Waals surface area contributed by atoms with Gasteiger partial charge in [0.25, 0.3) is 0 Å². The summed E-state index contributed by atoms with van der Waals surface area (Å²) in [4.78, 5) is 4.60. The Morgan fingerprint density at radius 3 is 2.73 bits per heavy atom. The van der Waals surface area contributed by atoms with Crippen LogP contribution in [0.1, 0.15) is 30.9 Å². The molecule has 1 fully saturated rings. The summed E-state index contributed by atoms with van der Waals surface area (Å²) in [7, 11) is 0. The molecule has 1 aromatic carbocycles. The topological polar surface area (TPSA) is 60.2 Å². The molecule has 0 spiro atoms. The maximum atomic E-state index is 8.79. The number of thioether (sulfide) groups is 1. The Balaban J connectivity index is 0.00000242. The van der Waals surface area contributed by atoms with Gasteiger partial charge in [0.05, 0.1) is 18.2 Å². The Bertz CT molecular complexity index is 504. The van der Waals surface area contributed by atoms with E-state index in [1.807, 2.05) is 36.0 Å². The second-order valence-corrected chi connectivity index (χ2v) is 6.43. The molecule has 22 heavy (non-hydrogen) atoms. The molecule has 6 heteroatoms. The van der Waals surface area contributed by atoms with Crippen molar-refractivity contribution in [2.75, 3.05) is 18.8 Å². The molecule has 4 nitrogen and oxygen atoms in total. The van der Waals surface area contributed by atoms with Crippen LogP contribution in [0.2, 0.25) is 0 Å². The van der Waals surface area contributed by atoms with Crippen molar-refractivity contribution >= 4 is 41.7 Å². The molecule has 0 bridgehead atoms. The molecule has 2 N–H and O–H groups in total. The number of nitrogens with zero attached hydrogens (tertiary/aromatic N) is 2. The van der Waals surface area contributed by atoms with Gasteiger partial charge in [0, 0.05) is 18.3 Å². The molecule has 0 aliphatic carbocycles. The van der Waals surface area contributed by atoms with E-state index >= 15 is 0 Å². The van der Waals surface area contributed by atoms with E-state index in [0.29, 0.717) is 17.4 Å². The first-order chi connectivity index (χ1) is 10.3. The minimum atomic E-state index is 0. The van der Waals surface area contributed by atoms with Crippen LogP contribution in [0, 0.1) is 11.3 Å². The first-order valence-corrected chi connectivity index (χ1v) is 8.49. The minimum Gasteiger partial charge on any atom is -0.357 e. The van der Waals surface area contributed by atoms with Crippen LogP contribution in [0.3, 0.4) is 0 Å². The van der Waals surface area contributed by atoms with Crippen LogP contribution in [0.25, 0.3) is 0 Å². The SMILES string of the molecule is CCNC(=NCc1ccc(C#N)cc1)NCC1CCCS1.I. The van der Waals surface area contributed by atoms with E-state index in [1.165, 1.54) is 18.6 Å². The Morgan fingerprint density at radius 2 is 2.14 bits per heavy atom. The summed E-state index contributed by atoms with van der Waals surface area (Å²) in [5.41, 5.74) is 1.80. The summed E-state index contributed by atoms with van der Waals surface area (Å²) in [6.07, 6.45) is 2.63. The number of hydrogen-bond acceptors (Lipinski definition) is 3. The highest BCUT2D eigenvalue weighted by Gasteiger charge is 2.15. The van der Waals surface area contributed by atoms with Crippen molar-refractivity contribution in [1.82, 2.24) is 10.6 Å². The highest BCUT2D eigenvalue weighted by molar-refractivity contribution is 14.0. The van der Waals surface area contributed by atoms with E-state index in [2.05, 4.69) is 28.6 Å². The summed E-state index contributed by atoms with van der Waals surface area (Å²) in [6, 6.07) is 9.71. The Morgan fingerprint density at radius 1 is 1.36 bits per heavy atom. The number of halogens is 1. The molecule has 120 valence electrons. The van der Waals surface area contributed by atoms with Gasteiger partial charge in [0.15, 0.2) is 5.96 Å². The molecule has 1 aliphatic heterocycles. The van der Waals surface area contributed by atoms with Gasteiger partial charge in [0.2, 0.25) is 0 Å². The summed E-state index contributed by atoms with van der Waals surface area (Å²) in [5.74, 6) is 2.15. The van der Waals surface area contributed by atoms with Crippen LogP contribution < -0.4 is 10.6 Å². The Hall–Kier alpha value is -0.940. The second kappa shape index (κ2) is 10.7. The van der Waals surface area contributed by atoms with Crippen molar-refractivity contribution in [3.63, 3.8) is 0 Å². The molecule has 0 amide bonds. The van der Waals surface area contributed by atoms with Gasteiger partial charge in [0.1, 0.15) is 0 Å². The highest BCUT2D eigenvalue weighted by atomic mass is 127. The van der Waals surface area contributed by atoms with Crippen molar-refractivity contribution in [3.8, 4) is 6.07 Å². The summed E-state index contributed by atoms with van der Waals surface area (Å²) in [6.45, 7) is 4.53. The number of benzene rings is 1. The van der Waals surface area contributed by atoms with Gasteiger partial charge in [-0.05, 0) is 43.2 Å². The molecule has 1 heterocycles. The number of aliphatic imine (C=N–C) groups is 1. The van der Waals surface area contributed by atoms with Gasteiger partial charge in [-0.25, -0.2) is 4.99 Å². The fraction of sp³-hybridized carbons (Fsp3) is 0.500. The molecule has 0 radical (unpaired) electrons. The molecule has 1 aromatic rings. The number of guanidine groups is 1. The summed E-state index contributed by atoms with van der Waals surface area (Å²) >= 11 is 2.05. The third-order valence-electron chi connectivity index (χ3n) is 3.37. The van der Waals surface area contributed by atoms with Gasteiger partial charge in [-0.1, -0.05) is 12.1 Å². The lowest BCUT2D eigenvalue weighted by Gasteiger charge is -2.14. The standard InChI is InChI=1S/C16H22N4S.HI/c1-2-18-16(20-12-15-4-3-9-21-15)19-11-14-7-5-13(10-17)6-8-14;/h5-8,15H,2-4,9,11-12H2,1H3,(H2,18,19,20);1H. The van der Waals surface area contributed by atoms with E-state index in [0.717, 1.165) is 24.6 Å². The summed E-state index contributed by atoms with van der Waals surface area (Å²) < 4.78 is 0. The van der Waals surface area contributed by atoms with Crippen molar-refractivity contribution in [3.05, 3.63) is 35.4 Å². The number of nitriles is 1. The zero-order valence-electron chi connectivity index (χ0n) is 12.8. The van der Waals surface area contributed by atoms with E-state index < -0.39 is 0 Å². The molecule has 1 aliphatic rings. The van der Waals surface area contributed by atoms with Crippen LogP contribution >= 0.6 is 35.7 Å². The first-order valence-electron chi connectivity index (χ1n) is 7.44. The largest absolute Gasteiger partial charge is 0.357 e. The van der Waals surface area contributed by atoms with E-state index in [9.17, 15) is 0 Å². The molecule has 0 saturated carbocycles. The molecule has 1 saturated heterocycles. The smallest absolute Gasteiger partial charge is 0.191 e. The molecular weight excluding hydrogens is 407 g/mol. The predicted octanol–water partition coefficient (Wildman–Crippen LogP) is 3.13. The number of nitrogens with one attached hydrogen (secondary N) is 2. The minimum absolute atomic E-state index is 0. The highest BCUT2D eigenvalue weighted by Crippen LogP contribution is 2.25. The third-order valence-corrected chi connectivity index (χ3v) is 4.77. The van der Waals surface area contributed by atoms with Crippen molar-refractivity contribution in [2.45, 2.75) is 31.6 Å². The normalized spacial score (nSPS) is 17.5. The van der Waals surface area contributed by atoms with Gasteiger partial charge in [-0.2, -0.15) is 17.0 Å². The van der Waals surface area contributed by atoms with Crippen molar-refractivity contribution < 1.29 is 0 Å². The maximum Gasteiger partial charge on any atom is 0.191 e. The lowest BCUT2D eigenvalue weighted by atomic mass is 10.1. The lowest BCUT2D eigenvalue weighted by molar-refractivity contribution is 0.727. The molecule has 1 unspecified atom stereocenters. The Labute approximate surface area is 154 Å². The van der Waals surface area contributed by atoms with Crippen molar-refractivity contribution in [1.29, 1.82) is 5.26 Å². The summed E-state index contributed by atoms with van der Waals surface area (Å²) in [5, 5.41) is 16.2. The lowest BCUT2D eigenvalue weighted by Crippen LogP contribution is -2.40. The fourth-order valence-corrected chi connectivity index (χ4v) is 3.41. The maximum absolute atomic E-state index is 8.79. The third kappa shape index (κ3) is 6.44. The molecule has 1 atom stereocenters. The van der Waals surface area contributed by atoms with Crippen LogP contribution in [0.5, 0.6) is 0 Å². The first kappa shape index (κ1) is 19.1. The van der Waals surface area contributed by atoms with E-state index in [1.54, 1.807) is 0 Å². The quantitative estimate of drug-likeness (QED) is 0.428.